The van der Waals surface area contributed by atoms with E-state index in [4.69, 9.17) is 4.18 Å². The van der Waals surface area contributed by atoms with Crippen LogP contribution in [0.2, 0.25) is 0 Å². The number of hydrogen-bond acceptors (Lipinski definition) is 4. The summed E-state index contributed by atoms with van der Waals surface area (Å²) in [5.41, 5.74) is 4.57. The van der Waals surface area contributed by atoms with Crippen molar-refractivity contribution in [3.63, 3.8) is 0 Å². The average Bonchev–Trinajstić information content (AvgIpc) is 2.93. The lowest BCUT2D eigenvalue weighted by atomic mass is 9.87. The molecule has 0 aliphatic rings. The molecule has 0 saturated heterocycles. The van der Waals surface area contributed by atoms with E-state index >= 15 is 0 Å². The minimum absolute atomic E-state index is 0.0537. The van der Waals surface area contributed by atoms with Gasteiger partial charge in [0.05, 0.1) is 11.4 Å². The largest absolute Gasteiger partial charge is 0.358 e. The SMILES string of the molecule is Cc1ccc(-n2nc(C)cc2OS(=O)(=O)c2ccc(C(C)(C)C)cc2)c(C)c1. The van der Waals surface area contributed by atoms with E-state index in [1.54, 1.807) is 25.1 Å². The van der Waals surface area contributed by atoms with Gasteiger partial charge in [0, 0.05) is 6.07 Å². The monoisotopic (exact) mass is 398 g/mol. The molecule has 1 heterocycles. The Hall–Kier alpha value is -2.60. The Morgan fingerprint density at radius 2 is 1.57 bits per heavy atom. The summed E-state index contributed by atoms with van der Waals surface area (Å²) >= 11 is 0. The lowest BCUT2D eigenvalue weighted by Crippen LogP contribution is -2.14. The zero-order valence-corrected chi connectivity index (χ0v) is 18.0. The predicted octanol–water partition coefficient (Wildman–Crippen LogP) is 4.86. The van der Waals surface area contributed by atoms with Gasteiger partial charge in [-0.15, -0.1) is 0 Å². The predicted molar refractivity (Wildman–Crippen MR) is 111 cm³/mol. The molecule has 3 aromatic rings. The van der Waals surface area contributed by atoms with E-state index in [2.05, 4.69) is 25.9 Å². The number of nitrogens with zero attached hydrogens (tertiary/aromatic N) is 2. The van der Waals surface area contributed by atoms with Gasteiger partial charge in [-0.25, -0.2) is 0 Å². The molecule has 0 aliphatic heterocycles. The molecule has 28 heavy (non-hydrogen) atoms. The van der Waals surface area contributed by atoms with Crippen molar-refractivity contribution in [2.45, 2.75) is 51.9 Å². The van der Waals surface area contributed by atoms with Crippen LogP contribution in [0.25, 0.3) is 5.69 Å². The van der Waals surface area contributed by atoms with Crippen molar-refractivity contribution >= 4 is 10.1 Å². The number of benzene rings is 2. The second kappa shape index (κ2) is 7.09. The Morgan fingerprint density at radius 3 is 2.14 bits per heavy atom. The van der Waals surface area contributed by atoms with Crippen LogP contribution in [0.3, 0.4) is 0 Å². The summed E-state index contributed by atoms with van der Waals surface area (Å²) in [6, 6.07) is 14.3. The van der Waals surface area contributed by atoms with E-state index in [0.717, 1.165) is 22.4 Å². The molecule has 6 heteroatoms. The number of rotatable bonds is 4. The first-order valence-electron chi connectivity index (χ1n) is 9.17. The Morgan fingerprint density at radius 1 is 0.929 bits per heavy atom. The molecule has 3 rings (SSSR count). The van der Waals surface area contributed by atoms with Crippen LogP contribution in [0, 0.1) is 20.8 Å². The highest BCUT2D eigenvalue weighted by molar-refractivity contribution is 7.87. The van der Waals surface area contributed by atoms with Gasteiger partial charge in [0.15, 0.2) is 0 Å². The maximum Gasteiger partial charge on any atom is 0.340 e. The fourth-order valence-corrected chi connectivity index (χ4v) is 3.94. The first kappa shape index (κ1) is 20.1. The van der Waals surface area contributed by atoms with Crippen molar-refractivity contribution in [2.75, 3.05) is 0 Å². The normalized spacial score (nSPS) is 12.2. The molecule has 0 spiro atoms. The fraction of sp³-hybridized carbons (Fsp3) is 0.318. The molecule has 0 bridgehead atoms. The molecule has 0 saturated carbocycles. The van der Waals surface area contributed by atoms with Crippen LogP contribution in [0.4, 0.5) is 0 Å². The fourth-order valence-electron chi connectivity index (χ4n) is 3.03. The van der Waals surface area contributed by atoms with Crippen LogP contribution in [-0.2, 0) is 15.5 Å². The number of aromatic nitrogens is 2. The molecule has 0 unspecified atom stereocenters. The molecule has 2 aromatic carbocycles. The molecule has 148 valence electrons. The topological polar surface area (TPSA) is 61.2 Å². The van der Waals surface area contributed by atoms with Crippen LogP contribution in [-0.4, -0.2) is 18.2 Å². The van der Waals surface area contributed by atoms with Crippen LogP contribution < -0.4 is 4.18 Å². The Kier molecular flexibility index (Phi) is 5.10. The van der Waals surface area contributed by atoms with Gasteiger partial charge in [-0.2, -0.15) is 18.2 Å². The zero-order chi connectivity index (χ0) is 20.7. The Bertz CT molecular complexity index is 1110. The molecule has 0 aliphatic carbocycles. The minimum Gasteiger partial charge on any atom is -0.358 e. The van der Waals surface area contributed by atoms with E-state index in [9.17, 15) is 8.42 Å². The molecule has 0 N–H and O–H groups in total. The van der Waals surface area contributed by atoms with Gasteiger partial charge in [-0.05, 0) is 55.5 Å². The average molecular weight is 399 g/mol. The van der Waals surface area contributed by atoms with Crippen molar-refractivity contribution in [3.8, 4) is 11.6 Å². The highest BCUT2D eigenvalue weighted by Crippen LogP contribution is 2.27. The summed E-state index contributed by atoms with van der Waals surface area (Å²) in [6.45, 7) is 12.0. The molecule has 0 radical (unpaired) electrons. The molecule has 1 aromatic heterocycles. The third-order valence-electron chi connectivity index (χ3n) is 4.58. The maximum atomic E-state index is 12.8. The number of aryl methyl sites for hydroxylation is 3. The Balaban J connectivity index is 1.97. The first-order valence-corrected chi connectivity index (χ1v) is 10.6. The number of hydrogen-bond donors (Lipinski definition) is 0. The van der Waals surface area contributed by atoms with Gasteiger partial charge in [0.2, 0.25) is 5.88 Å². The second-order valence-electron chi connectivity index (χ2n) is 8.14. The van der Waals surface area contributed by atoms with Crippen LogP contribution >= 0.6 is 0 Å². The van der Waals surface area contributed by atoms with Gasteiger partial charge in [0.25, 0.3) is 0 Å². The molecular formula is C22H26N2O3S. The Labute approximate surface area is 167 Å². The minimum atomic E-state index is -3.97. The quantitative estimate of drug-likeness (QED) is 0.589. The first-order chi connectivity index (χ1) is 13.0. The maximum absolute atomic E-state index is 12.8. The third kappa shape index (κ3) is 4.12. The highest BCUT2D eigenvalue weighted by Gasteiger charge is 2.22. The van der Waals surface area contributed by atoms with Crippen molar-refractivity contribution in [1.29, 1.82) is 0 Å². The van der Waals surface area contributed by atoms with Crippen LogP contribution in [0.1, 0.15) is 43.2 Å². The molecular weight excluding hydrogens is 372 g/mol. The molecule has 0 atom stereocenters. The third-order valence-corrected chi connectivity index (χ3v) is 5.82. The summed E-state index contributed by atoms with van der Waals surface area (Å²) in [6.07, 6.45) is 0. The van der Waals surface area contributed by atoms with Crippen LogP contribution in [0.15, 0.2) is 53.4 Å². The van der Waals surface area contributed by atoms with E-state index in [-0.39, 0.29) is 16.2 Å². The lowest BCUT2D eigenvalue weighted by Gasteiger charge is -2.19. The summed E-state index contributed by atoms with van der Waals surface area (Å²) in [5.74, 6) is 0.171. The molecule has 0 amide bonds. The zero-order valence-electron chi connectivity index (χ0n) is 17.1. The van der Waals surface area contributed by atoms with Crippen molar-refractivity contribution < 1.29 is 12.6 Å². The van der Waals surface area contributed by atoms with E-state index in [1.165, 1.54) is 4.68 Å². The van der Waals surface area contributed by atoms with Gasteiger partial charge >= 0.3 is 10.1 Å². The summed E-state index contributed by atoms with van der Waals surface area (Å²) in [7, 11) is -3.97. The van der Waals surface area contributed by atoms with Crippen molar-refractivity contribution in [1.82, 2.24) is 9.78 Å². The van der Waals surface area contributed by atoms with E-state index in [1.807, 2.05) is 44.2 Å². The molecule has 5 nitrogen and oxygen atoms in total. The van der Waals surface area contributed by atoms with Gasteiger partial charge in [-0.1, -0.05) is 50.6 Å². The van der Waals surface area contributed by atoms with E-state index in [0.29, 0.717) is 5.69 Å². The molecule has 0 fully saturated rings. The lowest BCUT2D eigenvalue weighted by molar-refractivity contribution is 0.464. The smallest absolute Gasteiger partial charge is 0.340 e. The van der Waals surface area contributed by atoms with E-state index < -0.39 is 10.1 Å². The summed E-state index contributed by atoms with van der Waals surface area (Å²) < 4.78 is 32.7. The van der Waals surface area contributed by atoms with Crippen LogP contribution in [0.5, 0.6) is 5.88 Å². The highest BCUT2D eigenvalue weighted by atomic mass is 32.2. The summed E-state index contributed by atoms with van der Waals surface area (Å²) in [4.78, 5) is 0.117. The van der Waals surface area contributed by atoms with Gasteiger partial charge in [-0.3, -0.25) is 0 Å². The van der Waals surface area contributed by atoms with Crippen molar-refractivity contribution in [2.24, 2.45) is 0 Å². The second-order valence-corrected chi connectivity index (χ2v) is 9.68. The standard InChI is InChI=1S/C22H26N2O3S/c1-15-7-12-20(16(2)13-15)24-21(14-17(3)23-24)27-28(25,26)19-10-8-18(9-11-19)22(4,5)6/h7-14H,1-6H3. The summed E-state index contributed by atoms with van der Waals surface area (Å²) in [5, 5.41) is 4.42. The van der Waals surface area contributed by atoms with Gasteiger partial charge in [0.1, 0.15) is 4.90 Å². The van der Waals surface area contributed by atoms with Gasteiger partial charge < -0.3 is 4.18 Å². The van der Waals surface area contributed by atoms with Crippen molar-refractivity contribution in [3.05, 3.63) is 70.9 Å².